The van der Waals surface area contributed by atoms with Crippen LogP contribution in [0.3, 0.4) is 0 Å². The maximum absolute atomic E-state index is 13.0. The van der Waals surface area contributed by atoms with Gasteiger partial charge in [0.1, 0.15) is 11.9 Å². The van der Waals surface area contributed by atoms with Crippen LogP contribution in [0.25, 0.3) is 0 Å². The number of nitrogens with one attached hydrogen (secondary N) is 1. The Kier molecular flexibility index (Phi) is 5.99. The van der Waals surface area contributed by atoms with Crippen LogP contribution in [0.5, 0.6) is 0 Å². The first-order chi connectivity index (χ1) is 10.9. The summed E-state index contributed by atoms with van der Waals surface area (Å²) in [6, 6.07) is 11.2. The van der Waals surface area contributed by atoms with Crippen LogP contribution >= 0.6 is 23.2 Å². The molecule has 0 saturated carbocycles. The van der Waals surface area contributed by atoms with Crippen molar-refractivity contribution in [3.8, 4) is 0 Å². The molecule has 2 aromatic rings. The summed E-state index contributed by atoms with van der Waals surface area (Å²) in [7, 11) is 0. The number of benzene rings is 2. The molecule has 2 atom stereocenters. The van der Waals surface area contributed by atoms with Gasteiger partial charge in [0.05, 0.1) is 10.7 Å². The number of hydrogen-bond donors (Lipinski definition) is 2. The van der Waals surface area contributed by atoms with E-state index in [4.69, 9.17) is 23.2 Å². The summed E-state index contributed by atoms with van der Waals surface area (Å²) in [6.45, 7) is 3.82. The second kappa shape index (κ2) is 7.77. The molecule has 0 bridgehead atoms. The van der Waals surface area contributed by atoms with Crippen molar-refractivity contribution in [2.24, 2.45) is 0 Å². The Labute approximate surface area is 144 Å². The third-order valence-electron chi connectivity index (χ3n) is 3.58. The fraction of sp³-hybridized carbons (Fsp3) is 0.235. The van der Waals surface area contributed by atoms with Crippen molar-refractivity contribution in [3.63, 3.8) is 0 Å². The first-order valence-electron chi connectivity index (χ1n) is 7.23. The van der Waals surface area contributed by atoms with E-state index in [0.717, 1.165) is 5.56 Å². The van der Waals surface area contributed by atoms with E-state index in [1.54, 1.807) is 6.92 Å². The second-order valence-electron chi connectivity index (χ2n) is 5.43. The minimum atomic E-state index is -0.441. The maximum Gasteiger partial charge on any atom is 0.282 e. The third-order valence-corrected chi connectivity index (χ3v) is 4.14. The quantitative estimate of drug-likeness (QED) is 0.841. The van der Waals surface area contributed by atoms with E-state index in [1.807, 2.05) is 36.5 Å². The molecule has 1 amide bonds. The predicted octanol–water partition coefficient (Wildman–Crippen LogP) is 3.78. The summed E-state index contributed by atoms with van der Waals surface area (Å²) in [5.41, 5.74) is 1.48. The van der Waals surface area contributed by atoms with Crippen molar-refractivity contribution in [2.75, 3.05) is 5.32 Å². The average Bonchev–Trinajstić information content (AvgIpc) is 2.50. The average molecular weight is 356 g/mol. The molecule has 0 spiro atoms. The van der Waals surface area contributed by atoms with Crippen LogP contribution in [0.2, 0.25) is 10.0 Å². The molecule has 2 aromatic carbocycles. The largest absolute Gasteiger partial charge is 0.330 e. The minimum Gasteiger partial charge on any atom is -0.330 e. The van der Waals surface area contributed by atoms with E-state index in [2.05, 4.69) is 5.32 Å². The molecule has 23 heavy (non-hydrogen) atoms. The van der Waals surface area contributed by atoms with E-state index < -0.39 is 5.82 Å². The Hall–Kier alpha value is -1.62. The van der Waals surface area contributed by atoms with Gasteiger partial charge in [0.2, 0.25) is 0 Å². The lowest BCUT2D eigenvalue weighted by molar-refractivity contribution is -0.709. The fourth-order valence-corrected chi connectivity index (χ4v) is 2.58. The highest BCUT2D eigenvalue weighted by atomic mass is 35.5. The van der Waals surface area contributed by atoms with Crippen LogP contribution in [-0.2, 0) is 4.79 Å². The summed E-state index contributed by atoms with van der Waals surface area (Å²) in [4.78, 5) is 12.3. The highest BCUT2D eigenvalue weighted by Gasteiger charge is 2.21. The minimum absolute atomic E-state index is 0.0942. The molecule has 0 unspecified atom stereocenters. The zero-order chi connectivity index (χ0) is 17.0. The number of carbonyl (C=O) groups excluding carboxylic acids is 1. The van der Waals surface area contributed by atoms with Crippen molar-refractivity contribution in [2.45, 2.75) is 25.9 Å². The Morgan fingerprint density at radius 1 is 1.13 bits per heavy atom. The number of rotatable bonds is 5. The van der Waals surface area contributed by atoms with Crippen molar-refractivity contribution < 1.29 is 14.5 Å². The number of nitrogens with two attached hydrogens (primary N) is 1. The lowest BCUT2D eigenvalue weighted by atomic mass is 10.1. The number of hydrogen-bond acceptors (Lipinski definition) is 1. The molecule has 0 aromatic heterocycles. The summed E-state index contributed by atoms with van der Waals surface area (Å²) in [6.07, 6.45) is 0. The van der Waals surface area contributed by atoms with Gasteiger partial charge in [0.25, 0.3) is 5.91 Å². The van der Waals surface area contributed by atoms with E-state index in [9.17, 15) is 9.18 Å². The second-order valence-corrected chi connectivity index (χ2v) is 6.28. The van der Waals surface area contributed by atoms with Crippen LogP contribution in [0.4, 0.5) is 10.1 Å². The van der Waals surface area contributed by atoms with Gasteiger partial charge in [-0.15, -0.1) is 0 Å². The molecule has 0 radical (unpaired) electrons. The molecule has 122 valence electrons. The summed E-state index contributed by atoms with van der Waals surface area (Å²) < 4.78 is 13.0. The third kappa shape index (κ3) is 4.93. The van der Waals surface area contributed by atoms with E-state index >= 15 is 0 Å². The fourth-order valence-electron chi connectivity index (χ4n) is 2.24. The number of quaternary nitrogens is 1. The van der Waals surface area contributed by atoms with Gasteiger partial charge in [-0.25, -0.2) is 4.39 Å². The van der Waals surface area contributed by atoms with Crippen molar-refractivity contribution in [1.29, 1.82) is 0 Å². The van der Waals surface area contributed by atoms with Gasteiger partial charge in [0.15, 0.2) is 6.04 Å². The van der Waals surface area contributed by atoms with Gasteiger partial charge in [0, 0.05) is 10.6 Å². The Balaban J connectivity index is 1.98. The standard InChI is InChI=1S/C17H17Cl2FN2O/c1-10(12-3-5-13(18)6-4-12)21-11(2)17(23)22-16-8-7-14(20)9-15(16)19/h3-11,21H,1-2H3,(H,22,23)/p+1/t10-,11-/m1/s1. The SMILES string of the molecule is C[C@@H]([NH2+][C@H](C)c1ccc(Cl)cc1)C(=O)Nc1ccc(F)cc1Cl. The predicted molar refractivity (Wildman–Crippen MR) is 91.3 cm³/mol. The van der Waals surface area contributed by atoms with Gasteiger partial charge in [-0.2, -0.15) is 0 Å². The van der Waals surface area contributed by atoms with Gasteiger partial charge in [-0.1, -0.05) is 35.3 Å². The zero-order valence-corrected chi connectivity index (χ0v) is 14.3. The van der Waals surface area contributed by atoms with Gasteiger partial charge < -0.3 is 10.6 Å². The number of carbonyl (C=O) groups is 1. The van der Waals surface area contributed by atoms with Crippen LogP contribution in [-0.4, -0.2) is 11.9 Å². The Morgan fingerprint density at radius 3 is 2.39 bits per heavy atom. The lowest BCUT2D eigenvalue weighted by Gasteiger charge is -2.17. The normalized spacial score (nSPS) is 13.4. The molecule has 2 rings (SSSR count). The molecule has 0 aliphatic rings. The van der Waals surface area contributed by atoms with Gasteiger partial charge in [-0.3, -0.25) is 4.79 Å². The monoisotopic (exact) mass is 355 g/mol. The Morgan fingerprint density at radius 2 is 1.78 bits per heavy atom. The van der Waals surface area contributed by atoms with Crippen molar-refractivity contribution >= 4 is 34.8 Å². The highest BCUT2D eigenvalue weighted by Crippen LogP contribution is 2.22. The molecule has 3 nitrogen and oxygen atoms in total. The van der Waals surface area contributed by atoms with Gasteiger partial charge in [-0.05, 0) is 44.2 Å². The van der Waals surface area contributed by atoms with Crippen LogP contribution in [0.15, 0.2) is 42.5 Å². The number of halogens is 3. The van der Waals surface area contributed by atoms with Crippen LogP contribution in [0.1, 0.15) is 25.5 Å². The Bertz CT molecular complexity index is 691. The highest BCUT2D eigenvalue weighted by molar-refractivity contribution is 6.33. The summed E-state index contributed by atoms with van der Waals surface area (Å²) in [5, 5.41) is 5.51. The van der Waals surface area contributed by atoms with Crippen LogP contribution < -0.4 is 10.6 Å². The van der Waals surface area contributed by atoms with Crippen molar-refractivity contribution in [1.82, 2.24) is 0 Å². The van der Waals surface area contributed by atoms with E-state index in [1.165, 1.54) is 18.2 Å². The molecular formula is C17H18Cl2FN2O+. The maximum atomic E-state index is 13.0. The molecule has 0 saturated heterocycles. The number of anilines is 1. The lowest BCUT2D eigenvalue weighted by Crippen LogP contribution is -2.91. The summed E-state index contributed by atoms with van der Waals surface area (Å²) >= 11 is 11.8. The molecule has 0 heterocycles. The summed E-state index contributed by atoms with van der Waals surface area (Å²) in [5.74, 6) is -0.636. The molecule has 0 aliphatic heterocycles. The first-order valence-corrected chi connectivity index (χ1v) is 7.99. The molecule has 3 N–H and O–H groups in total. The van der Waals surface area contributed by atoms with Gasteiger partial charge >= 0.3 is 0 Å². The topological polar surface area (TPSA) is 45.7 Å². The molecule has 0 aliphatic carbocycles. The van der Waals surface area contributed by atoms with Crippen molar-refractivity contribution in [3.05, 3.63) is 63.9 Å². The molecule has 6 heteroatoms. The molecule has 0 fully saturated rings. The molecular weight excluding hydrogens is 338 g/mol. The zero-order valence-electron chi connectivity index (χ0n) is 12.8. The number of amides is 1. The smallest absolute Gasteiger partial charge is 0.282 e. The van der Waals surface area contributed by atoms with Crippen LogP contribution in [0, 0.1) is 5.82 Å². The first kappa shape index (κ1) is 17.7. The van der Waals surface area contributed by atoms with E-state index in [-0.39, 0.29) is 23.0 Å². The van der Waals surface area contributed by atoms with E-state index in [0.29, 0.717) is 10.7 Å².